The van der Waals surface area contributed by atoms with Gasteiger partial charge in [0.1, 0.15) is 66.2 Å². The highest BCUT2D eigenvalue weighted by molar-refractivity contribution is 7.98. The topological polar surface area (TPSA) is 475 Å². The van der Waals surface area contributed by atoms with E-state index in [1.807, 2.05) is 0 Å². The zero-order chi connectivity index (χ0) is 65.9. The minimum atomic E-state index is -1.78. The van der Waals surface area contributed by atoms with E-state index >= 15 is 0 Å². The molecule has 0 radical (unpaired) electrons. The van der Waals surface area contributed by atoms with Crippen molar-refractivity contribution in [2.45, 2.75) is 165 Å². The van der Waals surface area contributed by atoms with Crippen LogP contribution in [-0.4, -0.2) is 195 Å². The van der Waals surface area contributed by atoms with Crippen LogP contribution in [-0.2, 0) is 80.0 Å². The average Bonchev–Trinajstić information content (AvgIpc) is 2.32. The van der Waals surface area contributed by atoms with Gasteiger partial charge in [0, 0.05) is 25.8 Å². The van der Waals surface area contributed by atoms with Crippen molar-refractivity contribution < 1.29 is 82.4 Å². The van der Waals surface area contributed by atoms with E-state index in [9.17, 15) is 82.4 Å². The van der Waals surface area contributed by atoms with Gasteiger partial charge in [-0.15, -0.1) is 0 Å². The van der Waals surface area contributed by atoms with Gasteiger partial charge in [-0.2, -0.15) is 11.8 Å². The summed E-state index contributed by atoms with van der Waals surface area (Å²) in [6.45, 7) is 4.20. The highest BCUT2D eigenvalue weighted by Gasteiger charge is 2.41. The number of rotatable bonds is 37. The van der Waals surface area contributed by atoms with Crippen LogP contribution in [0.1, 0.15) is 103 Å². The standard InChI is InChI=1S/C58H83N13O17S/c1-31(2)25-39(53(82)66-38(58(87)88)21-24-89-4)64-47(75)30-61-50(79)40(27-34-15-17-35(72)18-16-34)67-54(83)41(26-33-11-6-5-7-12-33)68-52(81)36(13-8-9-22-59)65-55(84)42(28-45(60)73)69-56(85)44-14-10-23-71(44)57(86)43(29-48(76)77)70-49(78)32(3)62-51(80)37-19-20-46(74)63-37/h5-7,11-12,15-18,31-32,36-44,72H,8-10,13-14,19-30,59H2,1-4H3,(H2,60,73)(H,61,79)(H,62,80)(H,63,74)(H,64,75)(H,65,84)(H,66,82)(H,67,83)(H,68,81)(H,69,85)(H,70,78)(H,76,77)(H,87,88)/t32-,36-,37-,38-,39-,40-,41-,42-,43-,44-/m0/s1. The van der Waals surface area contributed by atoms with Crippen LogP contribution in [0.5, 0.6) is 5.75 Å². The molecule has 0 aromatic heterocycles. The second kappa shape index (κ2) is 36.4. The lowest BCUT2D eigenvalue weighted by atomic mass is 10.0. The first-order valence-corrected chi connectivity index (χ1v) is 30.6. The van der Waals surface area contributed by atoms with Crippen molar-refractivity contribution in [2.24, 2.45) is 17.4 Å². The Bertz CT molecular complexity index is 2850. The van der Waals surface area contributed by atoms with Crippen molar-refractivity contribution >= 4 is 94.6 Å². The molecule has 12 amide bonds. The number of primary amides is 1. The first-order chi connectivity index (χ1) is 42.2. The van der Waals surface area contributed by atoms with Crippen molar-refractivity contribution in [2.75, 3.05) is 31.6 Å². The van der Waals surface area contributed by atoms with Crippen LogP contribution in [0.25, 0.3) is 0 Å². The zero-order valence-corrected chi connectivity index (χ0v) is 51.0. The molecule has 31 heteroatoms. The third kappa shape index (κ3) is 24.7. The third-order valence-corrected chi connectivity index (χ3v) is 15.1. The number of carbonyl (C=O) groups is 14. The van der Waals surface area contributed by atoms with Crippen molar-refractivity contribution in [3.05, 3.63) is 65.7 Å². The summed E-state index contributed by atoms with van der Waals surface area (Å²) in [7, 11) is 0. The van der Waals surface area contributed by atoms with E-state index in [0.717, 1.165) is 4.90 Å². The number of carboxylic acid groups (broad SMARTS) is 2. The Hall–Kier alpha value is -8.87. The lowest BCUT2D eigenvalue weighted by Crippen LogP contribution is -2.60. The van der Waals surface area contributed by atoms with Gasteiger partial charge in [-0.25, -0.2) is 4.79 Å². The summed E-state index contributed by atoms with van der Waals surface area (Å²) in [5.74, 6) is -13.1. The van der Waals surface area contributed by atoms with Crippen molar-refractivity contribution in [3.63, 3.8) is 0 Å². The molecule has 30 nitrogen and oxygen atoms in total. The number of nitrogens with one attached hydrogen (secondary N) is 10. The molecule has 2 saturated heterocycles. The number of unbranched alkanes of at least 4 members (excludes halogenated alkanes) is 1. The van der Waals surface area contributed by atoms with Gasteiger partial charge in [0.25, 0.3) is 0 Å². The normalized spacial score (nSPS) is 17.1. The quantitative estimate of drug-likeness (QED) is 0.0297. The summed E-state index contributed by atoms with van der Waals surface area (Å²) in [5, 5.41) is 54.4. The molecule has 17 N–H and O–H groups in total. The van der Waals surface area contributed by atoms with Crippen LogP contribution in [0.2, 0.25) is 0 Å². The molecule has 4 rings (SSSR count). The molecule has 2 fully saturated rings. The molecule has 0 unspecified atom stereocenters. The molecule has 2 aliphatic rings. The molecule has 0 aliphatic carbocycles. The summed E-state index contributed by atoms with van der Waals surface area (Å²) >= 11 is 1.39. The van der Waals surface area contributed by atoms with E-state index in [4.69, 9.17) is 11.5 Å². The molecule has 0 saturated carbocycles. The molecular formula is C58H83N13O17S. The van der Waals surface area contributed by atoms with E-state index in [2.05, 4.69) is 53.2 Å². The number of nitrogens with two attached hydrogens (primary N) is 2. The summed E-state index contributed by atoms with van der Waals surface area (Å²) in [5.41, 5.74) is 12.3. The number of nitrogens with zero attached hydrogens (tertiary/aromatic N) is 1. The number of phenols is 1. The fraction of sp³-hybridized carbons (Fsp3) is 0.552. The monoisotopic (exact) mass is 1270 g/mol. The lowest BCUT2D eigenvalue weighted by Gasteiger charge is -2.30. The maximum Gasteiger partial charge on any atom is 0.326 e. The number of aromatic hydroxyl groups is 1. The summed E-state index contributed by atoms with van der Waals surface area (Å²) in [6.07, 6.45) is 0.730. The fourth-order valence-corrected chi connectivity index (χ4v) is 10.2. The Labute approximate surface area is 518 Å². The molecule has 2 aromatic carbocycles. The van der Waals surface area contributed by atoms with Crippen molar-refractivity contribution in [1.29, 1.82) is 0 Å². The smallest absolute Gasteiger partial charge is 0.326 e. The number of hydrogen-bond acceptors (Lipinski definition) is 17. The van der Waals surface area contributed by atoms with Crippen LogP contribution in [0.15, 0.2) is 54.6 Å². The molecular weight excluding hydrogens is 1180 g/mol. The van der Waals surface area contributed by atoms with Crippen LogP contribution in [0.3, 0.4) is 0 Å². The fourth-order valence-electron chi connectivity index (χ4n) is 9.76. The number of likely N-dealkylation sites (tertiary alicyclic amines) is 1. The van der Waals surface area contributed by atoms with E-state index in [1.165, 1.54) is 43.0 Å². The summed E-state index contributed by atoms with van der Waals surface area (Å²) < 4.78 is 0. The highest BCUT2D eigenvalue weighted by atomic mass is 32.2. The number of benzene rings is 2. The van der Waals surface area contributed by atoms with Gasteiger partial charge in [-0.3, -0.25) is 62.3 Å². The molecule has 488 valence electrons. The van der Waals surface area contributed by atoms with E-state index in [0.29, 0.717) is 23.3 Å². The van der Waals surface area contributed by atoms with Crippen LogP contribution < -0.4 is 64.6 Å². The Balaban J connectivity index is 1.55. The molecule has 0 spiro atoms. The van der Waals surface area contributed by atoms with E-state index in [1.54, 1.807) is 50.4 Å². The van der Waals surface area contributed by atoms with Crippen LogP contribution in [0.4, 0.5) is 0 Å². The second-order valence-electron chi connectivity index (χ2n) is 22.1. The van der Waals surface area contributed by atoms with Crippen molar-refractivity contribution in [1.82, 2.24) is 58.1 Å². The van der Waals surface area contributed by atoms with Gasteiger partial charge in [-0.1, -0.05) is 56.3 Å². The average molecular weight is 1270 g/mol. The minimum Gasteiger partial charge on any atom is -0.508 e. The summed E-state index contributed by atoms with van der Waals surface area (Å²) in [4.78, 5) is 187. The van der Waals surface area contributed by atoms with Gasteiger partial charge in [0.05, 0.1) is 19.4 Å². The Morgan fingerprint density at radius 3 is 1.81 bits per heavy atom. The number of aliphatic carboxylic acids is 2. The number of carboxylic acids is 2. The first-order valence-electron chi connectivity index (χ1n) is 29.2. The van der Waals surface area contributed by atoms with Crippen molar-refractivity contribution in [3.8, 4) is 5.75 Å². The summed E-state index contributed by atoms with van der Waals surface area (Å²) in [6, 6.07) is 0.0178. The number of carbonyl (C=O) groups excluding carboxylic acids is 12. The van der Waals surface area contributed by atoms with E-state index < -0.39 is 157 Å². The number of amides is 12. The van der Waals surface area contributed by atoms with Crippen LogP contribution >= 0.6 is 11.8 Å². The molecule has 2 aromatic rings. The van der Waals surface area contributed by atoms with Gasteiger partial charge in [0.2, 0.25) is 70.9 Å². The zero-order valence-electron chi connectivity index (χ0n) is 50.1. The predicted molar refractivity (Wildman–Crippen MR) is 321 cm³/mol. The molecule has 89 heavy (non-hydrogen) atoms. The SMILES string of the molecule is CSCC[C@H](NC(=O)[C@H](CC(C)C)NC(=O)CNC(=O)[C@H](Cc1ccc(O)cc1)NC(=O)[C@H](Cc1ccccc1)NC(=O)[C@H](CCCCN)NC(=O)[C@H](CC(N)=O)NC(=O)[C@@H]1CCCN1C(=O)[C@H](CC(=O)O)NC(=O)[C@H](C)NC(=O)[C@@H]1CCC(=O)N1)C(=O)O. The molecule has 2 aliphatic heterocycles. The van der Waals surface area contributed by atoms with Crippen LogP contribution in [0, 0.1) is 5.92 Å². The Morgan fingerprint density at radius 1 is 0.640 bits per heavy atom. The number of phenolic OH excluding ortho intramolecular Hbond substituents is 1. The van der Waals surface area contributed by atoms with E-state index in [-0.39, 0.29) is 94.9 Å². The maximum absolute atomic E-state index is 14.6. The van der Waals surface area contributed by atoms with Gasteiger partial charge >= 0.3 is 11.9 Å². The largest absolute Gasteiger partial charge is 0.508 e. The van der Waals surface area contributed by atoms with Gasteiger partial charge in [-0.05, 0) is 106 Å². The lowest BCUT2D eigenvalue weighted by molar-refractivity contribution is -0.146. The van der Waals surface area contributed by atoms with Gasteiger partial charge in [0.15, 0.2) is 0 Å². The number of thioether (sulfide) groups is 1. The highest BCUT2D eigenvalue weighted by Crippen LogP contribution is 2.21. The Morgan fingerprint density at radius 2 is 1.22 bits per heavy atom. The maximum atomic E-state index is 14.6. The second-order valence-corrected chi connectivity index (χ2v) is 23.1. The number of hydrogen-bond donors (Lipinski definition) is 15. The third-order valence-electron chi connectivity index (χ3n) is 14.4. The first kappa shape index (κ1) is 72.6. The predicted octanol–water partition coefficient (Wildman–Crippen LogP) is -3.18. The molecule has 2 heterocycles. The van der Waals surface area contributed by atoms with Gasteiger partial charge < -0.3 is 84.9 Å². The minimum absolute atomic E-state index is 0.0206. The Kier molecular flexibility index (Phi) is 29.7. The molecule has 10 atom stereocenters. The molecule has 0 bridgehead atoms.